The number of rotatable bonds is 4. The van der Waals surface area contributed by atoms with Crippen molar-refractivity contribution in [2.75, 3.05) is 11.4 Å². The topological polar surface area (TPSA) is 41.6 Å². The summed E-state index contributed by atoms with van der Waals surface area (Å²) < 4.78 is 84.4. The van der Waals surface area contributed by atoms with Crippen LogP contribution in [0.25, 0.3) is 0 Å². The van der Waals surface area contributed by atoms with Gasteiger partial charge in [-0.15, -0.1) is 0 Å². The van der Waals surface area contributed by atoms with Crippen molar-refractivity contribution >= 4 is 23.4 Å². The van der Waals surface area contributed by atoms with E-state index in [1.165, 1.54) is 4.90 Å². The van der Waals surface area contributed by atoms with Crippen molar-refractivity contribution in [3.05, 3.63) is 63.7 Å². The summed E-state index contributed by atoms with van der Waals surface area (Å²) in [6.45, 7) is 3.50. The Bertz CT molecular complexity index is 1010. The van der Waals surface area contributed by atoms with E-state index in [1.807, 2.05) is 0 Å². The van der Waals surface area contributed by atoms with Gasteiger partial charge in [0.2, 0.25) is 0 Å². The highest BCUT2D eigenvalue weighted by Crippen LogP contribution is 2.38. The van der Waals surface area contributed by atoms with Gasteiger partial charge in [-0.25, -0.2) is 4.79 Å². The van der Waals surface area contributed by atoms with Crippen LogP contribution in [0, 0.1) is 0 Å². The van der Waals surface area contributed by atoms with Gasteiger partial charge in [0.25, 0.3) is 0 Å². The monoisotopic (exact) mass is 508 g/mol. The average Bonchev–Trinajstić information content (AvgIpc) is 2.89. The van der Waals surface area contributed by atoms with Crippen molar-refractivity contribution < 1.29 is 35.9 Å². The molecule has 34 heavy (non-hydrogen) atoms. The van der Waals surface area contributed by atoms with E-state index in [0.29, 0.717) is 47.8 Å². The number of alkyl halides is 6. The SMILES string of the molecule is CC(C)OC(=O)N1CCCC(NCc2cc(C(F)(F)F)cc(C(F)(F)F)c2)c2ccc(Cl)cc21. The second kappa shape index (κ2) is 10.0. The van der Waals surface area contributed by atoms with Gasteiger partial charge in [0, 0.05) is 24.2 Å². The lowest BCUT2D eigenvalue weighted by atomic mass is 10.00. The maximum atomic E-state index is 13.2. The minimum atomic E-state index is -4.92. The second-order valence-electron chi connectivity index (χ2n) is 8.28. The molecular weight excluding hydrogens is 486 g/mol. The molecule has 1 amide bonds. The Morgan fingerprint density at radius 3 is 2.26 bits per heavy atom. The summed E-state index contributed by atoms with van der Waals surface area (Å²) in [7, 11) is 0. The van der Waals surface area contributed by atoms with Gasteiger partial charge in [0.15, 0.2) is 0 Å². The molecule has 1 atom stereocenters. The fourth-order valence-corrected chi connectivity index (χ4v) is 3.97. The highest BCUT2D eigenvalue weighted by atomic mass is 35.5. The fraction of sp³-hybridized carbons (Fsp3) is 0.435. The molecule has 4 nitrogen and oxygen atoms in total. The standard InChI is InChI=1S/C23H23ClF6N2O2/c1-13(2)34-21(33)32-7-3-4-19(18-6-5-17(24)11-20(18)32)31-12-14-8-15(22(25,26)27)10-16(9-14)23(28,29)30/h5-6,8-11,13,19,31H,3-4,7,12H2,1-2H3. The van der Waals surface area contributed by atoms with E-state index in [9.17, 15) is 31.1 Å². The number of fused-ring (bicyclic) bond motifs is 1. The maximum absolute atomic E-state index is 13.2. The number of carbonyl (C=O) groups is 1. The first kappa shape index (κ1) is 26.2. The quantitative estimate of drug-likeness (QED) is 0.439. The molecule has 0 fully saturated rings. The van der Waals surface area contributed by atoms with Gasteiger partial charge >= 0.3 is 18.4 Å². The Labute approximate surface area is 197 Å². The number of hydrogen-bond donors (Lipinski definition) is 1. The summed E-state index contributed by atoms with van der Waals surface area (Å²) in [6, 6.07) is 5.95. The van der Waals surface area contributed by atoms with Crippen LogP contribution in [-0.2, 0) is 23.6 Å². The van der Waals surface area contributed by atoms with Gasteiger partial charge < -0.3 is 10.1 Å². The third-order valence-electron chi connectivity index (χ3n) is 5.29. The van der Waals surface area contributed by atoms with Gasteiger partial charge in [0.05, 0.1) is 22.9 Å². The Balaban J connectivity index is 1.90. The van der Waals surface area contributed by atoms with Crippen LogP contribution in [0.2, 0.25) is 5.02 Å². The molecule has 1 unspecified atom stereocenters. The van der Waals surface area contributed by atoms with Crippen LogP contribution in [0.5, 0.6) is 0 Å². The van der Waals surface area contributed by atoms with Crippen LogP contribution < -0.4 is 10.2 Å². The first-order valence-corrected chi connectivity index (χ1v) is 10.9. The van der Waals surface area contributed by atoms with Crippen LogP contribution >= 0.6 is 11.6 Å². The number of anilines is 1. The van der Waals surface area contributed by atoms with E-state index in [4.69, 9.17) is 16.3 Å². The predicted octanol–water partition coefficient (Wildman–Crippen LogP) is 7.35. The molecule has 0 saturated heterocycles. The lowest BCUT2D eigenvalue weighted by Gasteiger charge is -2.25. The minimum absolute atomic E-state index is 0.102. The summed E-state index contributed by atoms with van der Waals surface area (Å²) >= 11 is 6.13. The highest BCUT2D eigenvalue weighted by Gasteiger charge is 2.37. The number of nitrogens with one attached hydrogen (secondary N) is 1. The van der Waals surface area contributed by atoms with Crippen molar-refractivity contribution in [2.45, 2.75) is 57.7 Å². The van der Waals surface area contributed by atoms with Crippen LogP contribution in [0.1, 0.15) is 55.0 Å². The molecule has 1 aliphatic rings. The van der Waals surface area contributed by atoms with Crippen molar-refractivity contribution in [3.63, 3.8) is 0 Å². The van der Waals surface area contributed by atoms with Gasteiger partial charge in [-0.05, 0) is 68.1 Å². The largest absolute Gasteiger partial charge is 0.446 e. The smallest absolute Gasteiger partial charge is 0.416 e. The maximum Gasteiger partial charge on any atom is 0.416 e. The molecule has 3 rings (SSSR count). The number of carbonyl (C=O) groups excluding carboxylic acids is 1. The lowest BCUT2D eigenvalue weighted by molar-refractivity contribution is -0.143. The molecule has 2 aromatic rings. The molecule has 11 heteroatoms. The molecule has 0 bridgehead atoms. The van der Waals surface area contributed by atoms with Gasteiger partial charge in [-0.3, -0.25) is 4.90 Å². The zero-order valence-electron chi connectivity index (χ0n) is 18.4. The number of halogens is 7. The number of nitrogens with zero attached hydrogens (tertiary/aromatic N) is 1. The van der Waals surface area contributed by atoms with Crippen LogP contribution in [0.3, 0.4) is 0 Å². The molecule has 186 valence electrons. The van der Waals surface area contributed by atoms with Crippen molar-refractivity contribution in [1.29, 1.82) is 0 Å². The fourth-order valence-electron chi connectivity index (χ4n) is 3.80. The van der Waals surface area contributed by atoms with E-state index >= 15 is 0 Å². The van der Waals surface area contributed by atoms with Gasteiger partial charge in [0.1, 0.15) is 0 Å². The van der Waals surface area contributed by atoms with E-state index < -0.39 is 35.6 Å². The summed E-state index contributed by atoms with van der Waals surface area (Å²) in [6.07, 6.45) is -9.74. The van der Waals surface area contributed by atoms with E-state index in [1.54, 1.807) is 32.0 Å². The van der Waals surface area contributed by atoms with E-state index in [0.717, 1.165) is 0 Å². The molecule has 0 spiro atoms. The zero-order valence-corrected chi connectivity index (χ0v) is 19.1. The van der Waals surface area contributed by atoms with E-state index in [2.05, 4.69) is 5.32 Å². The number of ether oxygens (including phenoxy) is 1. The van der Waals surface area contributed by atoms with Crippen LogP contribution in [0.15, 0.2) is 36.4 Å². The Morgan fingerprint density at radius 2 is 1.71 bits per heavy atom. The summed E-state index contributed by atoms with van der Waals surface area (Å²) in [5, 5.41) is 3.42. The molecule has 0 saturated carbocycles. The van der Waals surface area contributed by atoms with Crippen molar-refractivity contribution in [3.8, 4) is 0 Å². The Morgan fingerprint density at radius 1 is 1.09 bits per heavy atom. The summed E-state index contributed by atoms with van der Waals surface area (Å²) in [4.78, 5) is 14.1. The van der Waals surface area contributed by atoms with Crippen LogP contribution in [0.4, 0.5) is 36.8 Å². The first-order valence-electron chi connectivity index (χ1n) is 10.5. The third-order valence-corrected chi connectivity index (χ3v) is 5.53. The van der Waals surface area contributed by atoms with Crippen molar-refractivity contribution in [1.82, 2.24) is 5.32 Å². The normalized spacial score (nSPS) is 16.9. The lowest BCUT2D eigenvalue weighted by Crippen LogP contribution is -2.34. The van der Waals surface area contributed by atoms with Gasteiger partial charge in [-0.1, -0.05) is 17.7 Å². The molecule has 0 aliphatic carbocycles. The number of hydrogen-bond acceptors (Lipinski definition) is 3. The predicted molar refractivity (Wildman–Crippen MR) is 116 cm³/mol. The second-order valence-corrected chi connectivity index (χ2v) is 8.71. The summed E-state index contributed by atoms with van der Waals surface area (Å²) in [5.41, 5.74) is -1.76. The number of benzene rings is 2. The zero-order chi connectivity index (χ0) is 25.3. The molecule has 1 heterocycles. The van der Waals surface area contributed by atoms with Crippen molar-refractivity contribution in [2.24, 2.45) is 0 Å². The summed E-state index contributed by atoms with van der Waals surface area (Å²) in [5.74, 6) is 0. The Kier molecular flexibility index (Phi) is 7.72. The molecule has 1 N–H and O–H groups in total. The molecule has 2 aromatic carbocycles. The molecule has 0 radical (unpaired) electrons. The number of amides is 1. The van der Waals surface area contributed by atoms with Gasteiger partial charge in [-0.2, -0.15) is 26.3 Å². The minimum Gasteiger partial charge on any atom is -0.446 e. The third kappa shape index (κ3) is 6.35. The van der Waals surface area contributed by atoms with Crippen LogP contribution in [-0.4, -0.2) is 18.7 Å². The molecule has 1 aliphatic heterocycles. The highest BCUT2D eigenvalue weighted by molar-refractivity contribution is 6.31. The average molecular weight is 509 g/mol. The first-order chi connectivity index (χ1) is 15.8. The molecule has 0 aromatic heterocycles. The molecular formula is C23H23ClF6N2O2. The Hall–Kier alpha value is -2.46. The van der Waals surface area contributed by atoms with E-state index in [-0.39, 0.29) is 24.3 Å².